The molecule has 0 spiro atoms. The molecular formula is C29H38N18O4. The van der Waals surface area contributed by atoms with Crippen LogP contribution in [0.1, 0.15) is 71.6 Å². The number of anilines is 3. The Kier molecular flexibility index (Phi) is 10.4. The molecule has 268 valence electrons. The Morgan fingerprint density at radius 3 is 1.49 bits per heavy atom. The molecule has 0 bridgehead atoms. The standard InChI is InChI=1S/C29H38N18O4/c1-7-9-11-17-19(37-39-23-15(25(48)49)13-32-44(23)5)21(30)46(41-17)28-34-27(43(3)4)35-29(36-28)47-22(31)20(18(42-47)12-10-8-2)38-40-24-16(26(50)51)14-33-45(24)6/h13-14H,7-12,30-31H2,1-6H3,(H,48,49)(H,50,51)/b39-37+,40-38+. The molecule has 51 heavy (non-hydrogen) atoms. The third kappa shape index (κ3) is 7.23. The average Bonchev–Trinajstić information content (AvgIpc) is 3.83. The van der Waals surface area contributed by atoms with Crippen molar-refractivity contribution < 1.29 is 19.8 Å². The Morgan fingerprint density at radius 2 is 1.14 bits per heavy atom. The summed E-state index contributed by atoms with van der Waals surface area (Å²) in [4.78, 5) is 38.8. The number of hydrogen-bond acceptors (Lipinski definition) is 16. The number of unbranched alkanes of at least 4 members (excludes halogenated alkanes) is 2. The molecule has 22 nitrogen and oxygen atoms in total. The van der Waals surface area contributed by atoms with Crippen molar-refractivity contribution in [1.82, 2.24) is 54.1 Å². The second-order valence-corrected chi connectivity index (χ2v) is 11.5. The van der Waals surface area contributed by atoms with E-state index in [4.69, 9.17) is 11.5 Å². The largest absolute Gasteiger partial charge is 0.477 e. The van der Waals surface area contributed by atoms with Crippen LogP contribution in [-0.4, -0.2) is 90.3 Å². The lowest BCUT2D eigenvalue weighted by molar-refractivity contribution is 0.0686. The van der Waals surface area contributed by atoms with E-state index in [0.717, 1.165) is 25.7 Å². The van der Waals surface area contributed by atoms with E-state index in [9.17, 15) is 19.8 Å². The van der Waals surface area contributed by atoms with E-state index in [-0.39, 0.29) is 63.6 Å². The molecule has 0 aliphatic rings. The number of carbonyl (C=O) groups is 2. The molecule has 0 aliphatic heterocycles. The van der Waals surface area contributed by atoms with Crippen LogP contribution in [0, 0.1) is 0 Å². The SMILES string of the molecule is CCCCc1nn(-c2nc(N(C)C)nc(-n3nc(CCCC)c(/N=N/c4c(C(=O)O)cnn4C)c3N)n2)c(N)c1/N=N/c1c(C(=O)O)cnn1C. The van der Waals surface area contributed by atoms with Crippen molar-refractivity contribution >= 4 is 52.5 Å². The molecule has 22 heteroatoms. The molecule has 5 heterocycles. The molecular weight excluding hydrogens is 664 g/mol. The van der Waals surface area contributed by atoms with Gasteiger partial charge in [0, 0.05) is 28.2 Å². The Bertz CT molecular complexity index is 1990. The fraction of sp³-hybridized carbons (Fsp3) is 0.414. The predicted molar refractivity (Wildman–Crippen MR) is 183 cm³/mol. The minimum Gasteiger partial charge on any atom is -0.477 e. The number of hydrogen-bond donors (Lipinski definition) is 4. The van der Waals surface area contributed by atoms with E-state index in [2.05, 4.69) is 55.8 Å². The highest BCUT2D eigenvalue weighted by Crippen LogP contribution is 2.34. The van der Waals surface area contributed by atoms with E-state index < -0.39 is 11.9 Å². The number of azo groups is 2. The molecule has 0 radical (unpaired) electrons. The first kappa shape index (κ1) is 35.7. The summed E-state index contributed by atoms with van der Waals surface area (Å²) < 4.78 is 5.18. The molecule has 5 aromatic rings. The van der Waals surface area contributed by atoms with Gasteiger partial charge in [0.1, 0.15) is 11.1 Å². The van der Waals surface area contributed by atoms with Gasteiger partial charge in [0.05, 0.1) is 23.8 Å². The summed E-state index contributed by atoms with van der Waals surface area (Å²) in [6.45, 7) is 4.05. The number of aromatic nitrogens is 11. The number of aryl methyl sites for hydroxylation is 4. The Balaban J connectivity index is 1.64. The molecule has 5 aromatic heterocycles. The van der Waals surface area contributed by atoms with Crippen molar-refractivity contribution in [3.8, 4) is 11.9 Å². The summed E-state index contributed by atoms with van der Waals surface area (Å²) >= 11 is 0. The van der Waals surface area contributed by atoms with Gasteiger partial charge in [-0.05, 0) is 25.7 Å². The Labute approximate surface area is 290 Å². The predicted octanol–water partition coefficient (Wildman–Crippen LogP) is 3.85. The number of nitrogens with zero attached hydrogens (tertiary/aromatic N) is 16. The molecule has 6 N–H and O–H groups in total. The monoisotopic (exact) mass is 702 g/mol. The van der Waals surface area contributed by atoms with Gasteiger partial charge < -0.3 is 26.6 Å². The molecule has 0 aromatic carbocycles. The van der Waals surface area contributed by atoms with Gasteiger partial charge in [0.2, 0.25) is 5.95 Å². The van der Waals surface area contributed by atoms with Crippen molar-refractivity contribution in [3.63, 3.8) is 0 Å². The molecule has 0 atom stereocenters. The van der Waals surface area contributed by atoms with E-state index in [1.165, 1.54) is 31.1 Å². The minimum atomic E-state index is -1.21. The summed E-state index contributed by atoms with van der Waals surface area (Å²) in [5.41, 5.74) is 14.4. The third-order valence-corrected chi connectivity index (χ3v) is 7.61. The maximum atomic E-state index is 11.7. The van der Waals surface area contributed by atoms with Crippen LogP contribution in [-0.2, 0) is 26.9 Å². The number of nitrogens with two attached hydrogens (primary N) is 2. The zero-order valence-electron chi connectivity index (χ0n) is 28.9. The summed E-state index contributed by atoms with van der Waals surface area (Å²) in [6.07, 6.45) is 6.56. The summed E-state index contributed by atoms with van der Waals surface area (Å²) in [6, 6.07) is 0. The second-order valence-electron chi connectivity index (χ2n) is 11.5. The number of aromatic carboxylic acids is 2. The van der Waals surface area contributed by atoms with Gasteiger partial charge in [-0.2, -0.15) is 44.7 Å². The molecule has 0 amide bonds. The number of nitrogen functional groups attached to an aromatic ring is 2. The lowest BCUT2D eigenvalue weighted by Gasteiger charge is -2.13. The molecule has 0 fully saturated rings. The third-order valence-electron chi connectivity index (χ3n) is 7.61. The van der Waals surface area contributed by atoms with E-state index in [1.54, 1.807) is 33.1 Å². The molecule has 5 rings (SSSR count). The first-order chi connectivity index (χ1) is 24.4. The minimum absolute atomic E-state index is 0.0151. The van der Waals surface area contributed by atoms with Crippen molar-refractivity contribution in [2.45, 2.75) is 52.4 Å². The fourth-order valence-electron chi connectivity index (χ4n) is 4.82. The van der Waals surface area contributed by atoms with Crippen molar-refractivity contribution in [2.24, 2.45) is 34.6 Å². The van der Waals surface area contributed by atoms with Crippen LogP contribution >= 0.6 is 0 Å². The topological polar surface area (TPSA) is 289 Å². The Morgan fingerprint density at radius 1 is 0.725 bits per heavy atom. The molecule has 0 aliphatic carbocycles. The van der Waals surface area contributed by atoms with Crippen molar-refractivity contribution in [3.05, 3.63) is 34.9 Å². The van der Waals surface area contributed by atoms with E-state index in [1.807, 2.05) is 13.8 Å². The van der Waals surface area contributed by atoms with Gasteiger partial charge in [-0.15, -0.1) is 20.5 Å². The normalized spacial score (nSPS) is 11.7. The smallest absolute Gasteiger partial charge is 0.341 e. The van der Waals surface area contributed by atoms with Gasteiger partial charge in [-0.25, -0.2) is 19.0 Å². The van der Waals surface area contributed by atoms with Crippen molar-refractivity contribution in [1.29, 1.82) is 0 Å². The Hall–Kier alpha value is -6.61. The van der Waals surface area contributed by atoms with Gasteiger partial charge >= 0.3 is 11.9 Å². The van der Waals surface area contributed by atoms with Crippen LogP contribution in [0.5, 0.6) is 0 Å². The maximum Gasteiger partial charge on any atom is 0.341 e. The lowest BCUT2D eigenvalue weighted by atomic mass is 10.2. The fourth-order valence-corrected chi connectivity index (χ4v) is 4.82. The maximum absolute atomic E-state index is 11.7. The molecule has 0 saturated heterocycles. The van der Waals surface area contributed by atoms with Gasteiger partial charge in [0.15, 0.2) is 34.6 Å². The number of carboxylic acid groups (broad SMARTS) is 2. The first-order valence-corrected chi connectivity index (χ1v) is 15.9. The van der Waals surface area contributed by atoms with Crippen LogP contribution < -0.4 is 16.4 Å². The lowest BCUT2D eigenvalue weighted by Crippen LogP contribution is -2.19. The summed E-state index contributed by atoms with van der Waals surface area (Å²) in [7, 11) is 6.58. The van der Waals surface area contributed by atoms with Gasteiger partial charge in [-0.1, -0.05) is 26.7 Å². The highest BCUT2D eigenvalue weighted by atomic mass is 16.4. The van der Waals surface area contributed by atoms with Crippen LogP contribution in [0.3, 0.4) is 0 Å². The van der Waals surface area contributed by atoms with Crippen LogP contribution in [0.4, 0.5) is 40.6 Å². The zero-order valence-corrected chi connectivity index (χ0v) is 28.9. The van der Waals surface area contributed by atoms with E-state index in [0.29, 0.717) is 24.2 Å². The second kappa shape index (κ2) is 14.9. The highest BCUT2D eigenvalue weighted by molar-refractivity contribution is 5.92. The van der Waals surface area contributed by atoms with Crippen LogP contribution in [0.2, 0.25) is 0 Å². The zero-order chi connectivity index (χ0) is 37.0. The number of rotatable bonds is 15. The average molecular weight is 703 g/mol. The molecule has 0 saturated carbocycles. The number of carboxylic acids is 2. The van der Waals surface area contributed by atoms with E-state index >= 15 is 0 Å². The highest BCUT2D eigenvalue weighted by Gasteiger charge is 2.25. The quantitative estimate of drug-likeness (QED) is 0.113. The van der Waals surface area contributed by atoms with Crippen molar-refractivity contribution in [2.75, 3.05) is 30.5 Å². The van der Waals surface area contributed by atoms with Gasteiger partial charge in [-0.3, -0.25) is 0 Å². The summed E-state index contributed by atoms with van der Waals surface area (Å²) in [5, 5.41) is 53.4. The summed E-state index contributed by atoms with van der Waals surface area (Å²) in [5.74, 6) is -2.02. The van der Waals surface area contributed by atoms with Crippen LogP contribution in [0.25, 0.3) is 11.9 Å². The van der Waals surface area contributed by atoms with Gasteiger partial charge in [0.25, 0.3) is 11.9 Å². The molecule has 0 unspecified atom stereocenters. The first-order valence-electron chi connectivity index (χ1n) is 15.9. The van der Waals surface area contributed by atoms with Crippen LogP contribution in [0.15, 0.2) is 32.9 Å².